The van der Waals surface area contributed by atoms with Gasteiger partial charge in [0.05, 0.1) is 17.0 Å². The van der Waals surface area contributed by atoms with Crippen molar-refractivity contribution in [3.8, 4) is 28.5 Å². The molecule has 220 valence electrons. The van der Waals surface area contributed by atoms with Crippen LogP contribution in [0.15, 0.2) is 101 Å². The lowest BCUT2D eigenvalue weighted by molar-refractivity contribution is -0.116. The normalized spacial score (nSPS) is 16.0. The molecular weight excluding hydrogens is 575 g/mol. The summed E-state index contributed by atoms with van der Waals surface area (Å²) in [6, 6.07) is 19.2. The monoisotopic (exact) mass is 598 g/mol. The first-order valence-corrected chi connectivity index (χ1v) is 14.3. The van der Waals surface area contributed by atoms with Gasteiger partial charge in [0.25, 0.3) is 11.8 Å². The van der Waals surface area contributed by atoms with Crippen molar-refractivity contribution in [2.24, 2.45) is 4.99 Å². The summed E-state index contributed by atoms with van der Waals surface area (Å²) in [4.78, 5) is 31.5. The summed E-state index contributed by atoms with van der Waals surface area (Å²) in [5.41, 5.74) is 3.32. The smallest absolute Gasteiger partial charge is 0.317 e. The number of nitrogens with one attached hydrogen (secondary N) is 2. The van der Waals surface area contributed by atoms with Gasteiger partial charge in [0, 0.05) is 47.4 Å². The molecule has 2 N–H and O–H groups in total. The minimum atomic E-state index is -1.21. The van der Waals surface area contributed by atoms with Gasteiger partial charge in [-0.2, -0.15) is 5.10 Å². The molecule has 1 aliphatic heterocycles. The Hall–Kier alpha value is -6.11. The number of benzodiazepines with no additional fused rings is 1. The van der Waals surface area contributed by atoms with E-state index in [0.29, 0.717) is 45.4 Å². The Balaban J connectivity index is 1.15. The molecule has 0 saturated heterocycles. The Morgan fingerprint density at radius 1 is 0.889 bits per heavy atom. The molecule has 1 atom stereocenters. The molecule has 0 spiro atoms. The molecule has 4 aromatic heterocycles. The number of para-hydroxylation sites is 1. The van der Waals surface area contributed by atoms with E-state index < -0.39 is 17.9 Å². The molecule has 0 radical (unpaired) electrons. The van der Waals surface area contributed by atoms with Crippen LogP contribution in [0.5, 0.6) is 0 Å². The van der Waals surface area contributed by atoms with Gasteiger partial charge < -0.3 is 15.1 Å². The molecule has 0 bridgehead atoms. The highest BCUT2D eigenvalue weighted by Gasteiger charge is 2.30. The van der Waals surface area contributed by atoms with Crippen LogP contribution in [0.25, 0.3) is 28.5 Å². The van der Waals surface area contributed by atoms with Crippen molar-refractivity contribution in [1.82, 2.24) is 34.9 Å². The molecule has 45 heavy (non-hydrogen) atoms. The largest absolute Gasteiger partial charge is 0.403 e. The highest BCUT2D eigenvalue weighted by molar-refractivity contribution is 6.19. The number of hydrogen-bond acceptors (Lipinski definition) is 10. The fourth-order valence-electron chi connectivity index (χ4n) is 5.09. The molecule has 2 aliphatic rings. The van der Waals surface area contributed by atoms with Gasteiger partial charge >= 0.3 is 6.01 Å². The Bertz CT molecular complexity index is 2060. The minimum Gasteiger partial charge on any atom is -0.403 e. The van der Waals surface area contributed by atoms with E-state index in [2.05, 4.69) is 40.8 Å². The van der Waals surface area contributed by atoms with Gasteiger partial charge in [-0.05, 0) is 31.0 Å². The van der Waals surface area contributed by atoms with Crippen LogP contribution in [0.1, 0.15) is 35.7 Å². The van der Waals surface area contributed by atoms with Crippen molar-refractivity contribution < 1.29 is 13.6 Å². The second-order valence-corrected chi connectivity index (χ2v) is 10.6. The topological polar surface area (TPSA) is 149 Å². The number of amides is 1. The summed E-state index contributed by atoms with van der Waals surface area (Å²) in [7, 11) is 0. The Labute approximate surface area is 255 Å². The Morgan fingerprint density at radius 3 is 2.49 bits per heavy atom. The van der Waals surface area contributed by atoms with Gasteiger partial charge in [-0.3, -0.25) is 4.79 Å². The predicted octanol–water partition coefficient (Wildman–Crippen LogP) is 5.02. The number of aliphatic imine (C=N–C) groups is 1. The maximum Gasteiger partial charge on any atom is 0.317 e. The van der Waals surface area contributed by atoms with E-state index in [0.717, 1.165) is 18.7 Å². The fourth-order valence-corrected chi connectivity index (χ4v) is 5.09. The van der Waals surface area contributed by atoms with Crippen molar-refractivity contribution >= 4 is 23.3 Å². The molecule has 13 heteroatoms. The second kappa shape index (κ2) is 10.9. The highest BCUT2D eigenvalue weighted by atomic mass is 19.1. The van der Waals surface area contributed by atoms with Crippen molar-refractivity contribution in [3.05, 3.63) is 114 Å². The molecule has 12 nitrogen and oxygen atoms in total. The Morgan fingerprint density at radius 2 is 1.71 bits per heavy atom. The number of nitrogens with zero attached hydrogens (tertiary/aromatic N) is 8. The van der Waals surface area contributed by atoms with Crippen molar-refractivity contribution in [2.75, 3.05) is 10.6 Å². The standard InChI is InChI=1S/C32H23FN10O2/c33-23-10-6-9-21-25(18-7-2-1-3-8-18)37-29(30(44)38-27(21)23)39-32-41-40-31(45-32)22-17-43(24-11-4-5-14-34-24)42-26(22)20-15-35-28(36-16-20)19-12-13-19/h1-11,14-17,19,29H,12-13H2,(H,38,44)(H,39,41)/t29-/m1/s1. The van der Waals surface area contributed by atoms with Crippen molar-refractivity contribution in [2.45, 2.75) is 24.9 Å². The Kier molecular flexibility index (Phi) is 6.40. The lowest BCUT2D eigenvalue weighted by atomic mass is 10.0. The van der Waals surface area contributed by atoms with Gasteiger partial charge in [-0.1, -0.05) is 53.6 Å². The van der Waals surface area contributed by atoms with Crippen LogP contribution in [0.3, 0.4) is 0 Å². The summed E-state index contributed by atoms with van der Waals surface area (Å²) in [5.74, 6) is 0.776. The summed E-state index contributed by atoms with van der Waals surface area (Å²) < 4.78 is 22.5. The first-order valence-electron chi connectivity index (χ1n) is 14.3. The van der Waals surface area contributed by atoms with Crippen LogP contribution in [0.4, 0.5) is 16.1 Å². The molecule has 5 heterocycles. The molecular formula is C32H23FN10O2. The zero-order valence-electron chi connectivity index (χ0n) is 23.5. The molecule has 1 fully saturated rings. The van der Waals surface area contributed by atoms with Crippen LogP contribution in [-0.2, 0) is 4.79 Å². The van der Waals surface area contributed by atoms with Crippen LogP contribution < -0.4 is 10.6 Å². The molecule has 6 aromatic rings. The third-order valence-electron chi connectivity index (χ3n) is 7.47. The maximum atomic E-state index is 14.9. The van der Waals surface area contributed by atoms with E-state index in [1.807, 2.05) is 48.5 Å². The lowest BCUT2D eigenvalue weighted by Crippen LogP contribution is -2.32. The SMILES string of the molecule is O=C1Nc2c(F)cccc2C(c2ccccc2)=N[C@@H]1Nc1nnc(-c2cn(-c3ccccn3)nc2-c2cnc(C3CC3)nc2)o1. The predicted molar refractivity (Wildman–Crippen MR) is 162 cm³/mol. The number of rotatable bonds is 7. The van der Waals surface area contributed by atoms with Gasteiger partial charge in [0.2, 0.25) is 6.17 Å². The van der Waals surface area contributed by atoms with E-state index in [4.69, 9.17) is 9.52 Å². The number of carbonyl (C=O) groups excluding carboxylic acids is 1. The quantitative estimate of drug-likeness (QED) is 0.258. The van der Waals surface area contributed by atoms with E-state index in [-0.39, 0.29) is 17.6 Å². The van der Waals surface area contributed by atoms with E-state index >= 15 is 0 Å². The number of benzene rings is 2. The second-order valence-electron chi connectivity index (χ2n) is 10.6. The average molecular weight is 599 g/mol. The number of hydrogen-bond donors (Lipinski definition) is 2. The minimum absolute atomic E-state index is 0.0436. The molecule has 1 amide bonds. The van der Waals surface area contributed by atoms with Crippen molar-refractivity contribution in [3.63, 3.8) is 0 Å². The summed E-state index contributed by atoms with van der Waals surface area (Å²) in [5, 5.41) is 18.7. The average Bonchev–Trinajstić information content (AvgIpc) is 3.70. The molecule has 0 unspecified atom stereocenters. The third kappa shape index (κ3) is 5.09. The van der Waals surface area contributed by atoms with Crippen LogP contribution >= 0.6 is 0 Å². The van der Waals surface area contributed by atoms with Gasteiger partial charge in [-0.25, -0.2) is 29.0 Å². The molecule has 2 aromatic carbocycles. The van der Waals surface area contributed by atoms with Gasteiger partial charge in [0.15, 0.2) is 5.82 Å². The lowest BCUT2D eigenvalue weighted by Gasteiger charge is -2.11. The first-order chi connectivity index (χ1) is 22.1. The number of carbonyl (C=O) groups is 1. The number of halogens is 1. The van der Waals surface area contributed by atoms with Crippen LogP contribution in [0.2, 0.25) is 0 Å². The van der Waals surface area contributed by atoms with Crippen molar-refractivity contribution in [1.29, 1.82) is 0 Å². The van der Waals surface area contributed by atoms with Gasteiger partial charge in [0.1, 0.15) is 17.3 Å². The van der Waals surface area contributed by atoms with E-state index in [9.17, 15) is 9.18 Å². The first kappa shape index (κ1) is 26.5. The molecule has 1 saturated carbocycles. The number of anilines is 2. The van der Waals surface area contributed by atoms with Crippen LogP contribution in [0, 0.1) is 5.82 Å². The van der Waals surface area contributed by atoms with E-state index in [1.165, 1.54) is 6.07 Å². The zero-order valence-corrected chi connectivity index (χ0v) is 23.5. The zero-order chi connectivity index (χ0) is 30.3. The highest BCUT2D eigenvalue weighted by Crippen LogP contribution is 2.38. The molecule has 8 rings (SSSR count). The maximum absolute atomic E-state index is 14.9. The molecule has 1 aliphatic carbocycles. The summed E-state index contributed by atoms with van der Waals surface area (Å²) >= 11 is 0. The summed E-state index contributed by atoms with van der Waals surface area (Å²) in [6.07, 6.45) is 7.84. The number of aromatic nitrogens is 7. The van der Waals surface area contributed by atoms with E-state index in [1.54, 1.807) is 41.6 Å². The van der Waals surface area contributed by atoms with Crippen LogP contribution in [-0.4, -0.2) is 52.7 Å². The van der Waals surface area contributed by atoms with Gasteiger partial charge in [-0.15, -0.1) is 5.10 Å². The fraction of sp³-hybridized carbons (Fsp3) is 0.125. The number of pyridine rings is 1. The number of fused-ring (bicyclic) bond motifs is 1. The summed E-state index contributed by atoms with van der Waals surface area (Å²) in [6.45, 7) is 0. The third-order valence-corrected chi connectivity index (χ3v) is 7.47.